The van der Waals surface area contributed by atoms with E-state index in [-0.39, 0.29) is 11.9 Å². The summed E-state index contributed by atoms with van der Waals surface area (Å²) in [6.45, 7) is 1.24. The number of carbonyl (C=O) groups is 1. The molecule has 4 aromatic rings. The maximum absolute atomic E-state index is 12.6. The zero-order valence-corrected chi connectivity index (χ0v) is 13.9. The molecule has 0 aliphatic carbocycles. The molecule has 1 fully saturated rings. The van der Waals surface area contributed by atoms with E-state index >= 15 is 0 Å². The summed E-state index contributed by atoms with van der Waals surface area (Å²) in [5.41, 5.74) is 1.62. The molecule has 1 amide bonds. The summed E-state index contributed by atoms with van der Waals surface area (Å²) >= 11 is 0. The SMILES string of the molecule is O=C(c1ccco1)N1CCC(n2c(-c3ccco3)nc3cccnc32)C1. The van der Waals surface area contributed by atoms with Gasteiger partial charge in [-0.2, -0.15) is 0 Å². The van der Waals surface area contributed by atoms with Crippen LogP contribution in [-0.4, -0.2) is 38.4 Å². The van der Waals surface area contributed by atoms with Crippen molar-refractivity contribution in [1.29, 1.82) is 0 Å². The standard InChI is InChI=1S/C19H16N4O3/c24-19(16-6-3-11-26-16)22-9-7-13(12-22)23-17-14(4-1-8-20-17)21-18(23)15-5-2-10-25-15/h1-6,8,10-11,13H,7,9,12H2. The fraction of sp³-hybridized carbons (Fsp3) is 0.211. The van der Waals surface area contributed by atoms with E-state index in [4.69, 9.17) is 13.8 Å². The van der Waals surface area contributed by atoms with Crippen molar-refractivity contribution in [2.45, 2.75) is 12.5 Å². The molecule has 7 heteroatoms. The van der Waals surface area contributed by atoms with E-state index in [0.29, 0.717) is 24.6 Å². The molecule has 0 aromatic carbocycles. The van der Waals surface area contributed by atoms with Crippen LogP contribution in [0.25, 0.3) is 22.7 Å². The highest BCUT2D eigenvalue weighted by molar-refractivity contribution is 5.91. The van der Waals surface area contributed by atoms with Crippen molar-refractivity contribution < 1.29 is 13.6 Å². The van der Waals surface area contributed by atoms with Crippen molar-refractivity contribution in [3.63, 3.8) is 0 Å². The van der Waals surface area contributed by atoms with Gasteiger partial charge in [-0.05, 0) is 42.8 Å². The van der Waals surface area contributed by atoms with Gasteiger partial charge in [-0.1, -0.05) is 0 Å². The molecule has 4 aromatic heterocycles. The molecule has 5 heterocycles. The number of furan rings is 2. The second kappa shape index (κ2) is 5.87. The Morgan fingerprint density at radius 1 is 1.12 bits per heavy atom. The third-order valence-corrected chi connectivity index (χ3v) is 4.74. The summed E-state index contributed by atoms with van der Waals surface area (Å²) in [6.07, 6.45) is 5.73. The van der Waals surface area contributed by atoms with E-state index in [1.165, 1.54) is 6.26 Å². The van der Waals surface area contributed by atoms with Crippen molar-refractivity contribution in [3.05, 3.63) is 60.9 Å². The van der Waals surface area contributed by atoms with Gasteiger partial charge in [-0.25, -0.2) is 9.97 Å². The van der Waals surface area contributed by atoms with Crippen molar-refractivity contribution in [1.82, 2.24) is 19.4 Å². The van der Waals surface area contributed by atoms with Crippen molar-refractivity contribution >= 4 is 17.1 Å². The van der Waals surface area contributed by atoms with Gasteiger partial charge < -0.3 is 18.3 Å². The van der Waals surface area contributed by atoms with E-state index in [1.807, 2.05) is 29.2 Å². The van der Waals surface area contributed by atoms with Gasteiger partial charge in [0.2, 0.25) is 0 Å². The van der Waals surface area contributed by atoms with E-state index in [9.17, 15) is 4.79 Å². The number of aromatic nitrogens is 3. The summed E-state index contributed by atoms with van der Waals surface area (Å²) < 4.78 is 12.9. The van der Waals surface area contributed by atoms with Crippen LogP contribution in [0.1, 0.15) is 23.0 Å². The monoisotopic (exact) mass is 348 g/mol. The topological polar surface area (TPSA) is 77.3 Å². The van der Waals surface area contributed by atoms with Gasteiger partial charge in [0, 0.05) is 19.3 Å². The third-order valence-electron chi connectivity index (χ3n) is 4.74. The van der Waals surface area contributed by atoms with Gasteiger partial charge in [0.05, 0.1) is 18.6 Å². The van der Waals surface area contributed by atoms with E-state index in [1.54, 1.807) is 24.6 Å². The minimum absolute atomic E-state index is 0.0777. The van der Waals surface area contributed by atoms with Gasteiger partial charge in [0.1, 0.15) is 5.52 Å². The first-order valence-electron chi connectivity index (χ1n) is 8.51. The summed E-state index contributed by atoms with van der Waals surface area (Å²) in [4.78, 5) is 23.6. The Labute approximate surface area is 148 Å². The first-order chi connectivity index (χ1) is 12.8. The molecule has 0 N–H and O–H groups in total. The number of hydrogen-bond donors (Lipinski definition) is 0. The molecule has 5 rings (SSSR count). The highest BCUT2D eigenvalue weighted by atomic mass is 16.3. The Morgan fingerprint density at radius 2 is 2.00 bits per heavy atom. The Balaban J connectivity index is 1.53. The Morgan fingerprint density at radius 3 is 2.81 bits per heavy atom. The Hall–Kier alpha value is -3.35. The lowest BCUT2D eigenvalue weighted by atomic mass is 10.2. The minimum atomic E-state index is -0.0885. The number of hydrogen-bond acceptors (Lipinski definition) is 5. The third kappa shape index (κ3) is 2.32. The quantitative estimate of drug-likeness (QED) is 0.567. The molecule has 0 saturated carbocycles. The van der Waals surface area contributed by atoms with Crippen LogP contribution in [-0.2, 0) is 0 Å². The molecule has 26 heavy (non-hydrogen) atoms. The highest BCUT2D eigenvalue weighted by Crippen LogP contribution is 2.32. The van der Waals surface area contributed by atoms with Crippen LogP contribution >= 0.6 is 0 Å². The van der Waals surface area contributed by atoms with Gasteiger partial charge in [0.25, 0.3) is 5.91 Å². The predicted molar refractivity (Wildman–Crippen MR) is 93.5 cm³/mol. The second-order valence-electron chi connectivity index (χ2n) is 6.30. The molecule has 1 atom stereocenters. The van der Waals surface area contributed by atoms with Crippen LogP contribution in [0, 0.1) is 0 Å². The lowest BCUT2D eigenvalue weighted by Gasteiger charge is -2.17. The van der Waals surface area contributed by atoms with Crippen LogP contribution in [0.5, 0.6) is 0 Å². The normalized spacial score (nSPS) is 17.2. The van der Waals surface area contributed by atoms with Crippen LogP contribution in [0.2, 0.25) is 0 Å². The number of imidazole rings is 1. The molecule has 130 valence electrons. The highest BCUT2D eigenvalue weighted by Gasteiger charge is 2.32. The Kier molecular flexibility index (Phi) is 3.38. The van der Waals surface area contributed by atoms with E-state index < -0.39 is 0 Å². The molecule has 1 aliphatic rings. The average Bonchev–Trinajstić information content (AvgIpc) is 3.47. The average molecular weight is 348 g/mol. The number of nitrogens with zero attached hydrogens (tertiary/aromatic N) is 4. The minimum Gasteiger partial charge on any atom is -0.461 e. The summed E-state index contributed by atoms with van der Waals surface area (Å²) in [5, 5.41) is 0. The first kappa shape index (κ1) is 14.9. The zero-order chi connectivity index (χ0) is 17.5. The maximum atomic E-state index is 12.6. The van der Waals surface area contributed by atoms with Crippen molar-refractivity contribution in [3.8, 4) is 11.6 Å². The van der Waals surface area contributed by atoms with Crippen LogP contribution in [0.4, 0.5) is 0 Å². The number of pyridine rings is 1. The number of fused-ring (bicyclic) bond motifs is 1. The lowest BCUT2D eigenvalue weighted by molar-refractivity contribution is 0.0756. The number of carbonyl (C=O) groups excluding carboxylic acids is 1. The zero-order valence-electron chi connectivity index (χ0n) is 13.9. The number of likely N-dealkylation sites (tertiary alicyclic amines) is 1. The smallest absolute Gasteiger partial charge is 0.289 e. The van der Waals surface area contributed by atoms with Crippen LogP contribution in [0.3, 0.4) is 0 Å². The summed E-state index contributed by atoms with van der Waals surface area (Å²) in [7, 11) is 0. The molecular formula is C19H16N4O3. The van der Waals surface area contributed by atoms with E-state index in [0.717, 1.165) is 23.4 Å². The van der Waals surface area contributed by atoms with Gasteiger partial charge in [-0.15, -0.1) is 0 Å². The van der Waals surface area contributed by atoms with Gasteiger partial charge in [0.15, 0.2) is 23.0 Å². The largest absolute Gasteiger partial charge is 0.461 e. The van der Waals surface area contributed by atoms with Gasteiger partial charge >= 0.3 is 0 Å². The number of rotatable bonds is 3. The molecule has 0 spiro atoms. The molecule has 0 radical (unpaired) electrons. The fourth-order valence-corrected chi connectivity index (χ4v) is 3.55. The lowest BCUT2D eigenvalue weighted by Crippen LogP contribution is -2.28. The maximum Gasteiger partial charge on any atom is 0.289 e. The Bertz CT molecular complexity index is 1050. The van der Waals surface area contributed by atoms with E-state index in [2.05, 4.69) is 9.55 Å². The molecular weight excluding hydrogens is 332 g/mol. The molecule has 0 bridgehead atoms. The van der Waals surface area contributed by atoms with Gasteiger partial charge in [-0.3, -0.25) is 4.79 Å². The summed E-state index contributed by atoms with van der Waals surface area (Å²) in [6, 6.07) is 11.0. The molecule has 1 saturated heterocycles. The first-order valence-corrected chi connectivity index (χ1v) is 8.51. The second-order valence-corrected chi connectivity index (χ2v) is 6.30. The number of amides is 1. The fourth-order valence-electron chi connectivity index (χ4n) is 3.55. The van der Waals surface area contributed by atoms with Crippen LogP contribution in [0.15, 0.2) is 64.0 Å². The molecule has 7 nitrogen and oxygen atoms in total. The van der Waals surface area contributed by atoms with Crippen molar-refractivity contribution in [2.24, 2.45) is 0 Å². The molecule has 1 aliphatic heterocycles. The molecule has 1 unspecified atom stereocenters. The van der Waals surface area contributed by atoms with Crippen molar-refractivity contribution in [2.75, 3.05) is 13.1 Å². The predicted octanol–water partition coefficient (Wildman–Crippen LogP) is 3.37. The summed E-state index contributed by atoms with van der Waals surface area (Å²) in [5.74, 6) is 1.71. The van der Waals surface area contributed by atoms with Crippen LogP contribution < -0.4 is 0 Å².